The smallest absolute Gasteiger partial charge is 0.227 e. The molecule has 7 nitrogen and oxygen atoms in total. The van der Waals surface area contributed by atoms with Crippen LogP contribution in [0.4, 0.5) is 17.3 Å². The Balaban J connectivity index is 1.46. The lowest BCUT2D eigenvalue weighted by atomic mass is 10.1. The topological polar surface area (TPSA) is 92.3 Å². The summed E-state index contributed by atoms with van der Waals surface area (Å²) in [6.07, 6.45) is 6.53. The molecular formula is C24H24ClN5O2S. The first kappa shape index (κ1) is 21.7. The van der Waals surface area contributed by atoms with Gasteiger partial charge in [0.25, 0.3) is 0 Å². The molecule has 33 heavy (non-hydrogen) atoms. The Bertz CT molecular complexity index is 1430. The van der Waals surface area contributed by atoms with Gasteiger partial charge in [0.2, 0.25) is 5.95 Å². The monoisotopic (exact) mass is 481 g/mol. The molecule has 170 valence electrons. The van der Waals surface area contributed by atoms with E-state index in [1.54, 1.807) is 19.4 Å². The van der Waals surface area contributed by atoms with Crippen LogP contribution in [0.1, 0.15) is 19.3 Å². The number of methoxy groups -OCH3 is 1. The van der Waals surface area contributed by atoms with Crippen molar-refractivity contribution in [1.29, 1.82) is 0 Å². The van der Waals surface area contributed by atoms with Crippen molar-refractivity contribution >= 4 is 49.6 Å². The summed E-state index contributed by atoms with van der Waals surface area (Å²) in [4.78, 5) is 12.3. The lowest BCUT2D eigenvalue weighted by Gasteiger charge is -2.16. The maximum atomic E-state index is 13.0. The molecule has 4 aromatic rings. The number of H-pyrrole nitrogens is 1. The molecule has 9 heteroatoms. The first-order chi connectivity index (χ1) is 16.0. The lowest BCUT2D eigenvalue weighted by molar-refractivity contribution is 0.417. The molecule has 1 aliphatic heterocycles. The summed E-state index contributed by atoms with van der Waals surface area (Å²) in [5, 5.41) is 4.70. The molecule has 0 bridgehead atoms. The van der Waals surface area contributed by atoms with Crippen LogP contribution in [-0.2, 0) is 9.73 Å². The van der Waals surface area contributed by atoms with Crippen LogP contribution in [0.2, 0.25) is 5.02 Å². The summed E-state index contributed by atoms with van der Waals surface area (Å²) in [5.74, 6) is 2.28. The summed E-state index contributed by atoms with van der Waals surface area (Å²) in [7, 11) is -0.599. The highest BCUT2D eigenvalue weighted by molar-refractivity contribution is 7.93. The predicted octanol–water partition coefficient (Wildman–Crippen LogP) is 6.31. The summed E-state index contributed by atoms with van der Waals surface area (Å²) in [6, 6.07) is 13.5. The summed E-state index contributed by atoms with van der Waals surface area (Å²) in [6.45, 7) is 0. The molecule has 3 heterocycles. The number of fused-ring (bicyclic) bond motifs is 1. The molecule has 0 spiro atoms. The fourth-order valence-electron chi connectivity index (χ4n) is 4.06. The molecule has 0 radical (unpaired) electrons. The van der Waals surface area contributed by atoms with Gasteiger partial charge in [0.1, 0.15) is 5.75 Å². The van der Waals surface area contributed by atoms with Crippen LogP contribution in [-0.4, -0.2) is 37.8 Å². The Labute approximate surface area is 197 Å². The van der Waals surface area contributed by atoms with E-state index in [2.05, 4.69) is 24.6 Å². The van der Waals surface area contributed by atoms with Gasteiger partial charge in [-0.15, -0.1) is 0 Å². The van der Waals surface area contributed by atoms with Crippen LogP contribution in [0, 0.1) is 0 Å². The molecular weight excluding hydrogens is 458 g/mol. The van der Waals surface area contributed by atoms with Gasteiger partial charge < -0.3 is 15.0 Å². The average Bonchev–Trinajstić information content (AvgIpc) is 3.25. The molecule has 1 aliphatic rings. The van der Waals surface area contributed by atoms with E-state index in [9.17, 15) is 4.21 Å². The van der Waals surface area contributed by atoms with Crippen LogP contribution in [0.25, 0.3) is 22.2 Å². The zero-order valence-electron chi connectivity index (χ0n) is 18.2. The van der Waals surface area contributed by atoms with Gasteiger partial charge in [0, 0.05) is 40.2 Å². The molecule has 2 aromatic carbocycles. The van der Waals surface area contributed by atoms with Crippen molar-refractivity contribution in [3.8, 4) is 17.0 Å². The summed E-state index contributed by atoms with van der Waals surface area (Å²) in [5.41, 5.74) is 3.88. The zero-order valence-corrected chi connectivity index (χ0v) is 19.7. The normalized spacial score (nSPS) is 15.3. The molecule has 0 atom stereocenters. The van der Waals surface area contributed by atoms with Crippen molar-refractivity contribution in [3.63, 3.8) is 0 Å². The van der Waals surface area contributed by atoms with Gasteiger partial charge in [-0.25, -0.2) is 14.2 Å². The number of halogens is 1. The number of benzene rings is 2. The van der Waals surface area contributed by atoms with Crippen molar-refractivity contribution in [3.05, 3.63) is 59.9 Å². The Morgan fingerprint density at radius 2 is 1.97 bits per heavy atom. The third kappa shape index (κ3) is 4.54. The Kier molecular flexibility index (Phi) is 5.95. The van der Waals surface area contributed by atoms with Crippen molar-refractivity contribution in [2.75, 3.05) is 23.9 Å². The largest absolute Gasteiger partial charge is 0.494 e. The second-order valence-electron chi connectivity index (χ2n) is 7.98. The SMILES string of the molecule is COc1cc(N=S2(=O)CCCCC2)ccc1Nc1ncc(Cl)c(-c2c[nH]c3ccccc23)n1. The van der Waals surface area contributed by atoms with Crippen molar-refractivity contribution in [2.24, 2.45) is 4.36 Å². The molecule has 2 aromatic heterocycles. The minimum atomic E-state index is -2.19. The number of aromatic nitrogens is 3. The van der Waals surface area contributed by atoms with E-state index >= 15 is 0 Å². The highest BCUT2D eigenvalue weighted by Crippen LogP contribution is 2.35. The number of nitrogens with one attached hydrogen (secondary N) is 2. The third-order valence-electron chi connectivity index (χ3n) is 5.72. The van der Waals surface area contributed by atoms with E-state index in [1.165, 1.54) is 0 Å². The second kappa shape index (κ2) is 9.03. The summed E-state index contributed by atoms with van der Waals surface area (Å²) < 4.78 is 23.1. The number of para-hydroxylation sites is 1. The van der Waals surface area contributed by atoms with Gasteiger partial charge in [-0.2, -0.15) is 4.36 Å². The fourth-order valence-corrected chi connectivity index (χ4v) is 6.45. The predicted molar refractivity (Wildman–Crippen MR) is 134 cm³/mol. The van der Waals surface area contributed by atoms with E-state index in [0.717, 1.165) is 35.7 Å². The van der Waals surface area contributed by atoms with E-state index < -0.39 is 9.73 Å². The fraction of sp³-hybridized carbons (Fsp3) is 0.250. The standard InChI is InChI=1S/C24H24ClN5O2S/c1-32-22-13-16(30-33(31)11-5-2-6-12-33)9-10-21(22)28-24-27-15-19(25)23(29-24)18-14-26-20-8-4-3-7-17(18)20/h3-4,7-10,13-15,26H,2,5-6,11-12H2,1H3,(H,27,28,29). The van der Waals surface area contributed by atoms with Crippen molar-refractivity contribution in [2.45, 2.75) is 19.3 Å². The molecule has 1 fully saturated rings. The minimum absolute atomic E-state index is 0.390. The zero-order chi connectivity index (χ0) is 22.8. The lowest BCUT2D eigenvalue weighted by Crippen LogP contribution is -2.15. The highest BCUT2D eigenvalue weighted by Gasteiger charge is 2.16. The Morgan fingerprint density at radius 1 is 1.15 bits per heavy atom. The van der Waals surface area contributed by atoms with E-state index in [4.69, 9.17) is 16.3 Å². The number of ether oxygens (including phenoxy) is 1. The van der Waals surface area contributed by atoms with Gasteiger partial charge in [-0.3, -0.25) is 0 Å². The van der Waals surface area contributed by atoms with Crippen LogP contribution in [0.15, 0.2) is 59.2 Å². The molecule has 0 unspecified atom stereocenters. The minimum Gasteiger partial charge on any atom is -0.494 e. The molecule has 0 saturated carbocycles. The highest BCUT2D eigenvalue weighted by atomic mass is 35.5. The number of aromatic amines is 1. The molecule has 2 N–H and O–H groups in total. The molecule has 1 saturated heterocycles. The average molecular weight is 482 g/mol. The maximum Gasteiger partial charge on any atom is 0.227 e. The number of hydrogen-bond donors (Lipinski definition) is 2. The van der Waals surface area contributed by atoms with Crippen molar-refractivity contribution in [1.82, 2.24) is 15.0 Å². The maximum absolute atomic E-state index is 13.0. The Morgan fingerprint density at radius 3 is 2.79 bits per heavy atom. The van der Waals surface area contributed by atoms with Crippen LogP contribution >= 0.6 is 11.6 Å². The molecule has 0 aliphatic carbocycles. The number of rotatable bonds is 5. The number of anilines is 2. The van der Waals surface area contributed by atoms with Gasteiger partial charge in [0.05, 0.1) is 45.1 Å². The summed E-state index contributed by atoms with van der Waals surface area (Å²) >= 11 is 6.44. The number of hydrogen-bond acceptors (Lipinski definition) is 6. The van der Waals surface area contributed by atoms with Gasteiger partial charge >= 0.3 is 0 Å². The first-order valence-corrected chi connectivity index (χ1v) is 13.0. The third-order valence-corrected chi connectivity index (χ3v) is 8.39. The Hall–Kier alpha value is -3.10. The van der Waals surface area contributed by atoms with Crippen LogP contribution in [0.5, 0.6) is 5.75 Å². The first-order valence-electron chi connectivity index (χ1n) is 10.8. The molecule has 0 amide bonds. The number of nitrogens with zero attached hydrogens (tertiary/aromatic N) is 3. The quantitative estimate of drug-likeness (QED) is 0.348. The van der Waals surface area contributed by atoms with Crippen molar-refractivity contribution < 1.29 is 8.95 Å². The molecule has 5 rings (SSSR count). The van der Waals surface area contributed by atoms with E-state index in [1.807, 2.05) is 42.6 Å². The van der Waals surface area contributed by atoms with E-state index in [0.29, 0.717) is 45.3 Å². The van der Waals surface area contributed by atoms with E-state index in [-0.39, 0.29) is 0 Å². The van der Waals surface area contributed by atoms with Crippen LogP contribution < -0.4 is 10.1 Å². The second-order valence-corrected chi connectivity index (χ2v) is 10.9. The van der Waals surface area contributed by atoms with Gasteiger partial charge in [-0.05, 0) is 31.0 Å². The van der Waals surface area contributed by atoms with Crippen LogP contribution in [0.3, 0.4) is 0 Å². The van der Waals surface area contributed by atoms with Gasteiger partial charge in [0.15, 0.2) is 0 Å². The van der Waals surface area contributed by atoms with Gasteiger partial charge in [-0.1, -0.05) is 36.2 Å².